The van der Waals surface area contributed by atoms with E-state index in [0.717, 1.165) is 0 Å². The van der Waals surface area contributed by atoms with Crippen molar-refractivity contribution >= 4 is 17.6 Å². The van der Waals surface area contributed by atoms with Gasteiger partial charge < -0.3 is 15.4 Å². The van der Waals surface area contributed by atoms with Crippen molar-refractivity contribution in [1.82, 2.24) is 10.6 Å². The van der Waals surface area contributed by atoms with Crippen molar-refractivity contribution < 1.29 is 19.2 Å². The SMILES string of the molecule is COC(=O)C1=C(C)NC(C)=C(C(=O)NC(C)C)C1c1ccccc1[N+](=O)[O-]. The van der Waals surface area contributed by atoms with Crippen LogP contribution in [0.1, 0.15) is 39.2 Å². The molecule has 0 aromatic heterocycles. The number of ether oxygens (including phenoxy) is 1. The second-order valence-electron chi connectivity index (χ2n) is 6.57. The molecular weight excluding hydrogens is 350 g/mol. The maximum absolute atomic E-state index is 12.9. The Balaban J connectivity index is 2.76. The number of carbonyl (C=O) groups excluding carboxylic acids is 2. The maximum Gasteiger partial charge on any atom is 0.336 e. The van der Waals surface area contributed by atoms with E-state index < -0.39 is 22.7 Å². The molecule has 0 aliphatic carbocycles. The predicted octanol–water partition coefficient (Wildman–Crippen LogP) is 2.53. The molecule has 1 aliphatic rings. The van der Waals surface area contributed by atoms with E-state index in [9.17, 15) is 19.7 Å². The molecule has 1 aromatic carbocycles. The van der Waals surface area contributed by atoms with E-state index in [1.165, 1.54) is 13.2 Å². The summed E-state index contributed by atoms with van der Waals surface area (Å²) in [6.07, 6.45) is 0. The smallest absolute Gasteiger partial charge is 0.336 e. The molecule has 0 radical (unpaired) electrons. The Morgan fingerprint density at radius 2 is 1.78 bits per heavy atom. The molecule has 8 heteroatoms. The number of hydrogen-bond acceptors (Lipinski definition) is 6. The highest BCUT2D eigenvalue weighted by molar-refractivity contribution is 6.02. The number of amides is 1. The molecule has 1 heterocycles. The Kier molecular flexibility index (Phi) is 5.99. The van der Waals surface area contributed by atoms with Gasteiger partial charge in [-0.15, -0.1) is 0 Å². The van der Waals surface area contributed by atoms with E-state index in [-0.39, 0.29) is 28.4 Å². The monoisotopic (exact) mass is 373 g/mol. The predicted molar refractivity (Wildman–Crippen MR) is 99.7 cm³/mol. The molecule has 1 aliphatic heterocycles. The summed E-state index contributed by atoms with van der Waals surface area (Å²) >= 11 is 0. The quantitative estimate of drug-likeness (QED) is 0.466. The van der Waals surface area contributed by atoms with E-state index in [0.29, 0.717) is 11.4 Å². The van der Waals surface area contributed by atoms with Crippen LogP contribution in [-0.2, 0) is 14.3 Å². The molecule has 1 unspecified atom stereocenters. The largest absolute Gasteiger partial charge is 0.466 e. The van der Waals surface area contributed by atoms with Gasteiger partial charge in [-0.1, -0.05) is 18.2 Å². The minimum atomic E-state index is -0.918. The number of nitro benzene ring substituents is 1. The number of allylic oxidation sites excluding steroid dienone is 2. The topological polar surface area (TPSA) is 111 Å². The number of methoxy groups -OCH3 is 1. The highest BCUT2D eigenvalue weighted by atomic mass is 16.6. The van der Waals surface area contributed by atoms with Gasteiger partial charge in [0.2, 0.25) is 5.91 Å². The van der Waals surface area contributed by atoms with E-state index >= 15 is 0 Å². The lowest BCUT2D eigenvalue weighted by atomic mass is 9.79. The van der Waals surface area contributed by atoms with Gasteiger partial charge in [0, 0.05) is 34.6 Å². The number of para-hydroxylation sites is 1. The Hall–Kier alpha value is -3.16. The summed E-state index contributed by atoms with van der Waals surface area (Å²) in [4.78, 5) is 36.4. The lowest BCUT2D eigenvalue weighted by Gasteiger charge is -2.30. The van der Waals surface area contributed by atoms with Crippen molar-refractivity contribution in [3.05, 3.63) is 62.5 Å². The number of rotatable bonds is 5. The van der Waals surface area contributed by atoms with Crippen LogP contribution in [0.4, 0.5) is 5.69 Å². The van der Waals surface area contributed by atoms with Gasteiger partial charge in [-0.05, 0) is 27.7 Å². The summed E-state index contributed by atoms with van der Waals surface area (Å²) < 4.78 is 4.90. The summed E-state index contributed by atoms with van der Waals surface area (Å²) in [5.74, 6) is -1.96. The van der Waals surface area contributed by atoms with Gasteiger partial charge in [0.25, 0.3) is 5.69 Å². The average molecular weight is 373 g/mol. The molecule has 1 amide bonds. The molecule has 0 fully saturated rings. The fourth-order valence-corrected chi connectivity index (χ4v) is 3.22. The number of carbonyl (C=O) groups is 2. The number of esters is 1. The van der Waals surface area contributed by atoms with Crippen molar-refractivity contribution in [2.45, 2.75) is 39.7 Å². The first-order valence-corrected chi connectivity index (χ1v) is 8.50. The maximum atomic E-state index is 12.9. The number of nitrogens with zero attached hydrogens (tertiary/aromatic N) is 1. The minimum Gasteiger partial charge on any atom is -0.466 e. The molecule has 0 saturated heterocycles. The van der Waals surface area contributed by atoms with Crippen LogP contribution in [0.15, 0.2) is 46.8 Å². The minimum absolute atomic E-state index is 0.141. The first kappa shape index (κ1) is 20.2. The molecule has 1 aromatic rings. The van der Waals surface area contributed by atoms with Crippen molar-refractivity contribution in [2.75, 3.05) is 7.11 Å². The number of hydrogen-bond donors (Lipinski definition) is 2. The Bertz CT molecular complexity index is 855. The average Bonchev–Trinajstić information content (AvgIpc) is 2.59. The molecule has 0 saturated carbocycles. The molecule has 0 spiro atoms. The van der Waals surface area contributed by atoms with Crippen molar-refractivity contribution in [2.24, 2.45) is 0 Å². The lowest BCUT2D eigenvalue weighted by molar-refractivity contribution is -0.385. The lowest BCUT2D eigenvalue weighted by Crippen LogP contribution is -2.39. The van der Waals surface area contributed by atoms with E-state index in [2.05, 4.69) is 10.6 Å². The third-order valence-corrected chi connectivity index (χ3v) is 4.27. The molecule has 8 nitrogen and oxygen atoms in total. The zero-order valence-corrected chi connectivity index (χ0v) is 16.0. The van der Waals surface area contributed by atoms with Crippen molar-refractivity contribution in [3.8, 4) is 0 Å². The Labute approximate surface area is 157 Å². The first-order chi connectivity index (χ1) is 12.7. The van der Waals surface area contributed by atoms with Crippen LogP contribution in [0.5, 0.6) is 0 Å². The Morgan fingerprint density at radius 1 is 1.19 bits per heavy atom. The van der Waals surface area contributed by atoms with Gasteiger partial charge in [-0.2, -0.15) is 0 Å². The highest BCUT2D eigenvalue weighted by Crippen LogP contribution is 2.42. The molecule has 0 bridgehead atoms. The Morgan fingerprint density at radius 3 is 2.33 bits per heavy atom. The van der Waals surface area contributed by atoms with Gasteiger partial charge >= 0.3 is 5.97 Å². The normalized spacial score (nSPS) is 16.9. The number of dihydropyridines is 1. The second-order valence-corrected chi connectivity index (χ2v) is 6.57. The summed E-state index contributed by atoms with van der Waals surface area (Å²) in [5.41, 5.74) is 1.54. The zero-order chi connectivity index (χ0) is 20.3. The highest BCUT2D eigenvalue weighted by Gasteiger charge is 2.40. The van der Waals surface area contributed by atoms with Gasteiger partial charge in [-0.3, -0.25) is 14.9 Å². The fraction of sp³-hybridized carbons (Fsp3) is 0.368. The first-order valence-electron chi connectivity index (χ1n) is 8.50. The van der Waals surface area contributed by atoms with Crippen LogP contribution >= 0.6 is 0 Å². The molecule has 2 rings (SSSR count). The molecule has 1 atom stereocenters. The van der Waals surface area contributed by atoms with Crippen LogP contribution in [0.3, 0.4) is 0 Å². The van der Waals surface area contributed by atoms with Crippen molar-refractivity contribution in [1.29, 1.82) is 0 Å². The van der Waals surface area contributed by atoms with Crippen LogP contribution in [0.2, 0.25) is 0 Å². The molecule has 144 valence electrons. The third-order valence-electron chi connectivity index (χ3n) is 4.27. The number of benzene rings is 1. The van der Waals surface area contributed by atoms with Gasteiger partial charge in [-0.25, -0.2) is 4.79 Å². The van der Waals surface area contributed by atoms with Gasteiger partial charge in [0.1, 0.15) is 0 Å². The van der Waals surface area contributed by atoms with Gasteiger partial charge in [0.05, 0.1) is 23.5 Å². The summed E-state index contributed by atoms with van der Waals surface area (Å²) in [5, 5.41) is 17.4. The summed E-state index contributed by atoms with van der Waals surface area (Å²) in [7, 11) is 1.23. The fourth-order valence-electron chi connectivity index (χ4n) is 3.22. The van der Waals surface area contributed by atoms with Crippen molar-refractivity contribution in [3.63, 3.8) is 0 Å². The van der Waals surface area contributed by atoms with Crippen LogP contribution in [0, 0.1) is 10.1 Å². The van der Waals surface area contributed by atoms with Gasteiger partial charge in [0.15, 0.2) is 0 Å². The third kappa shape index (κ3) is 3.99. The molecular formula is C19H23N3O5. The van der Waals surface area contributed by atoms with E-state index in [1.807, 2.05) is 13.8 Å². The summed E-state index contributed by atoms with van der Waals surface area (Å²) in [6.45, 7) is 7.00. The van der Waals surface area contributed by atoms with E-state index in [1.54, 1.807) is 32.0 Å². The van der Waals surface area contributed by atoms with Crippen LogP contribution in [0.25, 0.3) is 0 Å². The summed E-state index contributed by atoms with van der Waals surface area (Å²) in [6, 6.07) is 5.95. The zero-order valence-electron chi connectivity index (χ0n) is 16.0. The number of nitrogens with one attached hydrogen (secondary N) is 2. The molecule has 2 N–H and O–H groups in total. The second kappa shape index (κ2) is 8.03. The molecule has 27 heavy (non-hydrogen) atoms. The van der Waals surface area contributed by atoms with Crippen LogP contribution in [-0.4, -0.2) is 30.0 Å². The van der Waals surface area contributed by atoms with Crippen LogP contribution < -0.4 is 10.6 Å². The van der Waals surface area contributed by atoms with E-state index in [4.69, 9.17) is 4.74 Å². The number of nitro groups is 1. The standard InChI is InChI=1S/C19H23N3O5/c1-10(2)20-18(23)15-11(3)21-12(4)16(19(24)27-5)17(15)13-8-6-7-9-14(13)22(25)26/h6-10,17,21H,1-5H3,(H,20,23).